The van der Waals surface area contributed by atoms with E-state index in [1.54, 1.807) is 19.9 Å². The van der Waals surface area contributed by atoms with Gasteiger partial charge in [-0.25, -0.2) is 0 Å². The van der Waals surface area contributed by atoms with Crippen molar-refractivity contribution in [3.8, 4) is 5.75 Å². The van der Waals surface area contributed by atoms with Crippen molar-refractivity contribution in [2.24, 2.45) is 5.41 Å². The molecule has 0 aromatic heterocycles. The highest BCUT2D eigenvalue weighted by Crippen LogP contribution is 2.43. The van der Waals surface area contributed by atoms with Crippen LogP contribution in [0.1, 0.15) is 25.0 Å². The Morgan fingerprint density at radius 2 is 2.05 bits per heavy atom. The van der Waals surface area contributed by atoms with Crippen molar-refractivity contribution in [2.45, 2.75) is 20.0 Å². The lowest BCUT2D eigenvalue weighted by Crippen LogP contribution is -2.24. The Kier molecular flexibility index (Phi) is 3.98. The summed E-state index contributed by atoms with van der Waals surface area (Å²) < 4.78 is 48.7. The number of alkyl halides is 3. The van der Waals surface area contributed by atoms with Crippen LogP contribution in [0.15, 0.2) is 24.3 Å². The molecule has 1 aliphatic rings. The SMILES string of the molecule is CC(C)(COC=O)C1=CCOc2ccc(C(F)(F)F)cc21. The lowest BCUT2D eigenvalue weighted by atomic mass is 9.79. The maximum atomic E-state index is 12.9. The topological polar surface area (TPSA) is 35.5 Å². The molecule has 0 fully saturated rings. The zero-order valence-electron chi connectivity index (χ0n) is 11.7. The third-order valence-electron chi connectivity index (χ3n) is 3.36. The summed E-state index contributed by atoms with van der Waals surface area (Å²) in [4.78, 5) is 10.4. The van der Waals surface area contributed by atoms with Crippen molar-refractivity contribution in [3.63, 3.8) is 0 Å². The number of benzene rings is 1. The number of halogens is 3. The van der Waals surface area contributed by atoms with Crippen LogP contribution in [0.3, 0.4) is 0 Å². The third-order valence-corrected chi connectivity index (χ3v) is 3.36. The van der Waals surface area contributed by atoms with E-state index in [9.17, 15) is 18.0 Å². The molecule has 0 radical (unpaired) electrons. The van der Waals surface area contributed by atoms with Crippen LogP contribution in [0.25, 0.3) is 5.57 Å². The summed E-state index contributed by atoms with van der Waals surface area (Å²) in [6.07, 6.45) is -2.70. The van der Waals surface area contributed by atoms with Crippen molar-refractivity contribution in [1.82, 2.24) is 0 Å². The van der Waals surface area contributed by atoms with Gasteiger partial charge in [0.05, 0.1) is 5.56 Å². The van der Waals surface area contributed by atoms with Gasteiger partial charge in [-0.05, 0) is 29.8 Å². The molecule has 3 nitrogen and oxygen atoms in total. The molecule has 0 unspecified atom stereocenters. The number of hydrogen-bond donors (Lipinski definition) is 0. The number of hydrogen-bond acceptors (Lipinski definition) is 3. The van der Waals surface area contributed by atoms with Crippen LogP contribution in [0.2, 0.25) is 0 Å². The van der Waals surface area contributed by atoms with E-state index in [0.717, 1.165) is 12.1 Å². The number of carbonyl (C=O) groups excluding carboxylic acids is 1. The first-order valence-electron chi connectivity index (χ1n) is 6.36. The first kappa shape index (κ1) is 15.4. The van der Waals surface area contributed by atoms with E-state index in [2.05, 4.69) is 0 Å². The largest absolute Gasteiger partial charge is 0.489 e. The summed E-state index contributed by atoms with van der Waals surface area (Å²) in [6.45, 7) is 4.29. The van der Waals surface area contributed by atoms with Crippen LogP contribution in [0.5, 0.6) is 5.75 Å². The van der Waals surface area contributed by atoms with Crippen LogP contribution in [-0.2, 0) is 15.7 Å². The lowest BCUT2D eigenvalue weighted by molar-refractivity contribution is -0.137. The average Bonchev–Trinajstić information content (AvgIpc) is 2.43. The van der Waals surface area contributed by atoms with Crippen molar-refractivity contribution >= 4 is 12.0 Å². The van der Waals surface area contributed by atoms with Gasteiger partial charge in [0.25, 0.3) is 6.47 Å². The van der Waals surface area contributed by atoms with Crippen molar-refractivity contribution in [3.05, 3.63) is 35.4 Å². The Morgan fingerprint density at radius 3 is 2.67 bits per heavy atom. The van der Waals surface area contributed by atoms with Crippen molar-refractivity contribution in [1.29, 1.82) is 0 Å². The predicted molar refractivity (Wildman–Crippen MR) is 70.7 cm³/mol. The second-order valence-electron chi connectivity index (χ2n) is 5.43. The van der Waals surface area contributed by atoms with Gasteiger partial charge >= 0.3 is 6.18 Å². The zero-order chi connectivity index (χ0) is 15.7. The van der Waals surface area contributed by atoms with Gasteiger partial charge in [0.1, 0.15) is 19.0 Å². The Balaban J connectivity index is 2.44. The molecule has 0 atom stereocenters. The molecule has 2 rings (SSSR count). The third kappa shape index (κ3) is 3.20. The molecular formula is C15H15F3O3. The second-order valence-corrected chi connectivity index (χ2v) is 5.43. The van der Waals surface area contributed by atoms with Crippen LogP contribution >= 0.6 is 0 Å². The molecular weight excluding hydrogens is 285 g/mol. The van der Waals surface area contributed by atoms with Crippen LogP contribution in [-0.4, -0.2) is 19.7 Å². The summed E-state index contributed by atoms with van der Waals surface area (Å²) >= 11 is 0. The Labute approximate surface area is 120 Å². The molecule has 21 heavy (non-hydrogen) atoms. The molecule has 0 spiro atoms. The first-order valence-corrected chi connectivity index (χ1v) is 6.36. The van der Waals surface area contributed by atoms with Gasteiger partial charge in [-0.2, -0.15) is 13.2 Å². The smallest absolute Gasteiger partial charge is 0.416 e. The first-order chi connectivity index (χ1) is 9.75. The Hall–Kier alpha value is -1.98. The van der Waals surface area contributed by atoms with Crippen molar-refractivity contribution in [2.75, 3.05) is 13.2 Å². The zero-order valence-corrected chi connectivity index (χ0v) is 11.7. The highest BCUT2D eigenvalue weighted by molar-refractivity contribution is 5.76. The fourth-order valence-electron chi connectivity index (χ4n) is 2.33. The number of fused-ring (bicyclic) bond motifs is 1. The Morgan fingerprint density at radius 1 is 1.33 bits per heavy atom. The molecule has 114 valence electrons. The Bertz CT molecular complexity index is 574. The summed E-state index contributed by atoms with van der Waals surface area (Å²) in [6, 6.07) is 3.39. The quantitative estimate of drug-likeness (QED) is 0.796. The standard InChI is InChI=1S/C15H15F3O3/c1-14(2,8-20-9-19)12-5-6-21-13-4-3-10(7-11(12)13)15(16,17)18/h3-5,7,9H,6,8H2,1-2H3. The van der Waals surface area contributed by atoms with E-state index in [0.29, 0.717) is 23.4 Å². The molecule has 0 amide bonds. The normalized spacial score (nSPS) is 14.8. The molecule has 1 aromatic carbocycles. The lowest BCUT2D eigenvalue weighted by Gasteiger charge is -2.31. The molecule has 1 heterocycles. The van der Waals surface area contributed by atoms with Crippen LogP contribution in [0.4, 0.5) is 13.2 Å². The molecule has 6 heteroatoms. The number of rotatable bonds is 4. The highest BCUT2D eigenvalue weighted by atomic mass is 19.4. The molecule has 0 saturated carbocycles. The van der Waals surface area contributed by atoms with Gasteiger partial charge in [-0.1, -0.05) is 13.8 Å². The van der Waals surface area contributed by atoms with E-state index in [1.165, 1.54) is 6.07 Å². The van der Waals surface area contributed by atoms with E-state index in [4.69, 9.17) is 9.47 Å². The van der Waals surface area contributed by atoms with Crippen LogP contribution in [0, 0.1) is 5.41 Å². The van der Waals surface area contributed by atoms with E-state index in [-0.39, 0.29) is 13.2 Å². The molecule has 1 aliphatic heterocycles. The monoisotopic (exact) mass is 300 g/mol. The van der Waals surface area contributed by atoms with Gasteiger partial charge in [-0.3, -0.25) is 4.79 Å². The van der Waals surface area contributed by atoms with Crippen LogP contribution < -0.4 is 4.74 Å². The van der Waals surface area contributed by atoms with Crippen molar-refractivity contribution < 1.29 is 27.4 Å². The summed E-state index contributed by atoms with van der Waals surface area (Å²) in [5.74, 6) is 0.402. The predicted octanol–water partition coefficient (Wildman–Crippen LogP) is 3.68. The minimum atomic E-state index is -4.42. The summed E-state index contributed by atoms with van der Waals surface area (Å²) in [5, 5.41) is 0. The average molecular weight is 300 g/mol. The number of ether oxygens (including phenoxy) is 2. The highest BCUT2D eigenvalue weighted by Gasteiger charge is 2.34. The maximum absolute atomic E-state index is 12.9. The fraction of sp³-hybridized carbons (Fsp3) is 0.400. The minimum Gasteiger partial charge on any atom is -0.489 e. The summed E-state index contributed by atoms with van der Waals surface area (Å²) in [5.41, 5.74) is -0.277. The molecule has 1 aromatic rings. The maximum Gasteiger partial charge on any atom is 0.416 e. The van der Waals surface area contributed by atoms with E-state index in [1.807, 2.05) is 0 Å². The van der Waals surface area contributed by atoms with E-state index >= 15 is 0 Å². The van der Waals surface area contributed by atoms with Gasteiger partial charge in [-0.15, -0.1) is 0 Å². The van der Waals surface area contributed by atoms with Gasteiger partial charge in [0.2, 0.25) is 0 Å². The summed E-state index contributed by atoms with van der Waals surface area (Å²) in [7, 11) is 0. The molecule has 0 saturated heterocycles. The molecule has 0 N–H and O–H groups in total. The molecule has 0 aliphatic carbocycles. The molecule has 0 bridgehead atoms. The van der Waals surface area contributed by atoms with Gasteiger partial charge in [0, 0.05) is 11.0 Å². The van der Waals surface area contributed by atoms with E-state index < -0.39 is 17.2 Å². The fourth-order valence-corrected chi connectivity index (χ4v) is 2.33. The second kappa shape index (κ2) is 5.42. The van der Waals surface area contributed by atoms with Gasteiger partial charge < -0.3 is 9.47 Å². The van der Waals surface area contributed by atoms with Gasteiger partial charge in [0.15, 0.2) is 0 Å². The minimum absolute atomic E-state index is 0.0814. The number of carbonyl (C=O) groups is 1.